The van der Waals surface area contributed by atoms with Crippen molar-refractivity contribution in [2.24, 2.45) is 5.92 Å². The zero-order valence-corrected chi connectivity index (χ0v) is 17.9. The van der Waals surface area contributed by atoms with E-state index in [1.54, 1.807) is 45.4 Å². The number of benzene rings is 2. The normalized spacial score (nSPS) is 11.7. The largest absolute Gasteiger partial charge is 0.497 e. The van der Waals surface area contributed by atoms with E-state index < -0.39 is 6.10 Å². The zero-order chi connectivity index (χ0) is 21.2. The smallest absolute Gasteiger partial charge is 0.261 e. The molecule has 0 aliphatic heterocycles. The molecule has 0 saturated carbocycles. The van der Waals surface area contributed by atoms with Gasteiger partial charge in [-0.1, -0.05) is 19.9 Å². The Balaban J connectivity index is 1.87. The molecule has 0 spiro atoms. The lowest BCUT2D eigenvalue weighted by Crippen LogP contribution is -2.35. The summed E-state index contributed by atoms with van der Waals surface area (Å²) < 4.78 is 22.0. The summed E-state index contributed by atoms with van der Waals surface area (Å²) in [4.78, 5) is 12.4. The van der Waals surface area contributed by atoms with Crippen LogP contribution in [0, 0.1) is 5.92 Å². The van der Waals surface area contributed by atoms with Gasteiger partial charge >= 0.3 is 0 Å². The first-order valence-corrected chi connectivity index (χ1v) is 9.81. The summed E-state index contributed by atoms with van der Waals surface area (Å²) in [6.45, 7) is 7.05. The first kappa shape index (κ1) is 22.4. The van der Waals surface area contributed by atoms with E-state index in [4.69, 9.17) is 18.9 Å². The zero-order valence-electron chi connectivity index (χ0n) is 17.9. The Morgan fingerprint density at radius 1 is 0.931 bits per heavy atom. The Kier molecular flexibility index (Phi) is 8.65. The van der Waals surface area contributed by atoms with Gasteiger partial charge in [-0.25, -0.2) is 0 Å². The van der Waals surface area contributed by atoms with Gasteiger partial charge in [-0.05, 0) is 61.2 Å². The summed E-state index contributed by atoms with van der Waals surface area (Å²) in [5.74, 6) is 3.09. The summed E-state index contributed by atoms with van der Waals surface area (Å²) >= 11 is 0. The van der Waals surface area contributed by atoms with Crippen LogP contribution in [0.3, 0.4) is 0 Å². The Labute approximate surface area is 173 Å². The third kappa shape index (κ3) is 7.22. The Hall–Kier alpha value is -2.89. The average Bonchev–Trinajstić information content (AvgIpc) is 2.72. The number of carbonyl (C=O) groups excluding carboxylic acids is 1. The molecule has 29 heavy (non-hydrogen) atoms. The fourth-order valence-electron chi connectivity index (χ4n) is 2.59. The molecule has 0 heterocycles. The van der Waals surface area contributed by atoms with Gasteiger partial charge in [0, 0.05) is 6.54 Å². The SMILES string of the molecule is COc1ccc(OC(C)C(=O)NCc2ccc(OCCC(C)C)c(OC)c2)cc1. The average molecular weight is 402 g/mol. The summed E-state index contributed by atoms with van der Waals surface area (Å²) in [5, 5.41) is 2.89. The number of hydrogen-bond donors (Lipinski definition) is 1. The molecule has 158 valence electrons. The molecular weight excluding hydrogens is 370 g/mol. The van der Waals surface area contributed by atoms with Gasteiger partial charge in [0.15, 0.2) is 17.6 Å². The standard InChI is InChI=1S/C23H31NO5/c1-16(2)12-13-28-21-11-6-18(14-22(21)27-5)15-24-23(25)17(3)29-20-9-7-19(26-4)8-10-20/h6-11,14,16-17H,12-13,15H2,1-5H3,(H,24,25). The molecule has 0 saturated heterocycles. The lowest BCUT2D eigenvalue weighted by atomic mass is 10.1. The minimum absolute atomic E-state index is 0.197. The van der Waals surface area contributed by atoms with Gasteiger partial charge in [-0.2, -0.15) is 0 Å². The van der Waals surface area contributed by atoms with Crippen molar-refractivity contribution >= 4 is 5.91 Å². The molecule has 0 radical (unpaired) electrons. The van der Waals surface area contributed by atoms with E-state index in [1.807, 2.05) is 18.2 Å². The molecular formula is C23H31NO5. The highest BCUT2D eigenvalue weighted by Crippen LogP contribution is 2.28. The van der Waals surface area contributed by atoms with Gasteiger partial charge in [0.25, 0.3) is 5.91 Å². The van der Waals surface area contributed by atoms with Crippen LogP contribution < -0.4 is 24.3 Å². The second-order valence-corrected chi connectivity index (χ2v) is 7.17. The van der Waals surface area contributed by atoms with Gasteiger partial charge in [0.2, 0.25) is 0 Å². The Bertz CT molecular complexity index is 773. The number of amides is 1. The molecule has 0 bridgehead atoms. The Morgan fingerprint density at radius 3 is 2.24 bits per heavy atom. The van der Waals surface area contributed by atoms with Crippen molar-refractivity contribution < 1.29 is 23.7 Å². The Morgan fingerprint density at radius 2 is 1.62 bits per heavy atom. The molecule has 6 nitrogen and oxygen atoms in total. The van der Waals surface area contributed by atoms with Crippen molar-refractivity contribution in [1.82, 2.24) is 5.32 Å². The van der Waals surface area contributed by atoms with Gasteiger partial charge in [0.05, 0.1) is 20.8 Å². The van der Waals surface area contributed by atoms with Crippen LogP contribution in [0.4, 0.5) is 0 Å². The van der Waals surface area contributed by atoms with E-state index >= 15 is 0 Å². The highest BCUT2D eigenvalue weighted by molar-refractivity contribution is 5.80. The van der Waals surface area contributed by atoms with Crippen LogP contribution in [0.2, 0.25) is 0 Å². The van der Waals surface area contributed by atoms with Crippen molar-refractivity contribution in [3.05, 3.63) is 48.0 Å². The predicted molar refractivity (Wildman–Crippen MR) is 113 cm³/mol. The fourth-order valence-corrected chi connectivity index (χ4v) is 2.59. The highest BCUT2D eigenvalue weighted by atomic mass is 16.5. The van der Waals surface area contributed by atoms with Crippen LogP contribution in [0.25, 0.3) is 0 Å². The number of carbonyl (C=O) groups is 1. The quantitative estimate of drug-likeness (QED) is 0.611. The van der Waals surface area contributed by atoms with E-state index in [0.717, 1.165) is 17.7 Å². The molecule has 0 aliphatic carbocycles. The third-order valence-electron chi connectivity index (χ3n) is 4.39. The molecule has 2 aromatic rings. The summed E-state index contributed by atoms with van der Waals surface area (Å²) in [6, 6.07) is 12.8. The van der Waals surface area contributed by atoms with Crippen LogP contribution in [0.1, 0.15) is 32.8 Å². The van der Waals surface area contributed by atoms with Crippen molar-refractivity contribution in [2.75, 3.05) is 20.8 Å². The topological polar surface area (TPSA) is 66.0 Å². The first-order valence-electron chi connectivity index (χ1n) is 9.81. The van der Waals surface area contributed by atoms with Gasteiger partial charge in [-0.15, -0.1) is 0 Å². The summed E-state index contributed by atoms with van der Waals surface area (Å²) in [5.41, 5.74) is 0.919. The number of rotatable bonds is 11. The summed E-state index contributed by atoms with van der Waals surface area (Å²) in [6.07, 6.45) is 0.358. The van der Waals surface area contributed by atoms with Crippen molar-refractivity contribution in [3.63, 3.8) is 0 Å². The molecule has 2 aromatic carbocycles. The minimum atomic E-state index is -0.621. The van der Waals surface area contributed by atoms with E-state index in [2.05, 4.69) is 19.2 Å². The fraction of sp³-hybridized carbons (Fsp3) is 0.435. The highest BCUT2D eigenvalue weighted by Gasteiger charge is 2.15. The minimum Gasteiger partial charge on any atom is -0.497 e. The van der Waals surface area contributed by atoms with Crippen LogP contribution in [-0.4, -0.2) is 32.8 Å². The molecule has 1 unspecified atom stereocenters. The molecule has 0 fully saturated rings. The number of nitrogens with one attached hydrogen (secondary N) is 1. The monoisotopic (exact) mass is 401 g/mol. The van der Waals surface area contributed by atoms with Crippen molar-refractivity contribution in [1.29, 1.82) is 0 Å². The predicted octanol–water partition coefficient (Wildman–Crippen LogP) is 4.21. The molecule has 1 amide bonds. The van der Waals surface area contributed by atoms with Crippen LogP contribution in [0.15, 0.2) is 42.5 Å². The second kappa shape index (κ2) is 11.2. The molecule has 6 heteroatoms. The van der Waals surface area contributed by atoms with E-state index in [9.17, 15) is 4.79 Å². The lowest BCUT2D eigenvalue weighted by Gasteiger charge is -2.16. The number of methoxy groups -OCH3 is 2. The third-order valence-corrected chi connectivity index (χ3v) is 4.39. The van der Waals surface area contributed by atoms with Crippen LogP contribution >= 0.6 is 0 Å². The van der Waals surface area contributed by atoms with Crippen molar-refractivity contribution in [2.45, 2.75) is 39.8 Å². The number of ether oxygens (including phenoxy) is 4. The first-order chi connectivity index (χ1) is 13.9. The maximum atomic E-state index is 12.4. The number of hydrogen-bond acceptors (Lipinski definition) is 5. The molecule has 0 aliphatic rings. The summed E-state index contributed by atoms with van der Waals surface area (Å²) in [7, 11) is 3.21. The van der Waals surface area contributed by atoms with E-state index in [1.165, 1.54) is 0 Å². The molecule has 1 N–H and O–H groups in total. The van der Waals surface area contributed by atoms with Gasteiger partial charge in [-0.3, -0.25) is 4.79 Å². The molecule has 2 rings (SSSR count). The van der Waals surface area contributed by atoms with Gasteiger partial charge in [0.1, 0.15) is 11.5 Å². The van der Waals surface area contributed by atoms with E-state index in [0.29, 0.717) is 36.3 Å². The maximum Gasteiger partial charge on any atom is 0.261 e. The molecule has 0 aromatic heterocycles. The van der Waals surface area contributed by atoms with Crippen molar-refractivity contribution in [3.8, 4) is 23.0 Å². The molecule has 1 atom stereocenters. The maximum absolute atomic E-state index is 12.4. The van der Waals surface area contributed by atoms with Crippen LogP contribution in [-0.2, 0) is 11.3 Å². The second-order valence-electron chi connectivity index (χ2n) is 7.17. The van der Waals surface area contributed by atoms with E-state index in [-0.39, 0.29) is 5.91 Å². The van der Waals surface area contributed by atoms with Gasteiger partial charge < -0.3 is 24.3 Å². The lowest BCUT2D eigenvalue weighted by molar-refractivity contribution is -0.127. The van der Waals surface area contributed by atoms with Crippen LogP contribution in [0.5, 0.6) is 23.0 Å².